The average molecular weight is 473 g/mol. The van der Waals surface area contributed by atoms with Gasteiger partial charge in [0, 0.05) is 29.9 Å². The number of anilines is 2. The van der Waals surface area contributed by atoms with Crippen LogP contribution in [0.3, 0.4) is 0 Å². The van der Waals surface area contributed by atoms with Gasteiger partial charge in [-0.25, -0.2) is 0 Å². The normalized spacial score (nSPS) is 11.3. The number of hydrogen-bond acceptors (Lipinski definition) is 6. The van der Waals surface area contributed by atoms with Gasteiger partial charge >= 0.3 is 6.36 Å². The van der Waals surface area contributed by atoms with E-state index in [2.05, 4.69) is 20.4 Å². The Hall–Kier alpha value is -3.79. The van der Waals surface area contributed by atoms with Crippen molar-refractivity contribution in [3.8, 4) is 11.5 Å². The molecule has 2 heterocycles. The number of rotatable bonds is 7. The van der Waals surface area contributed by atoms with Crippen LogP contribution in [0, 0.1) is 0 Å². The summed E-state index contributed by atoms with van der Waals surface area (Å²) in [6, 6.07) is 14.3. The Labute approximate surface area is 191 Å². The van der Waals surface area contributed by atoms with Crippen LogP contribution in [0.25, 0.3) is 10.9 Å². The number of nitrogens with zero attached hydrogens (tertiary/aromatic N) is 1. The fraction of sp³-hybridized carbons (Fsp3) is 0.130. The molecule has 10 heteroatoms. The zero-order valence-electron chi connectivity index (χ0n) is 17.3. The highest BCUT2D eigenvalue weighted by molar-refractivity contribution is 7.12. The molecule has 0 aliphatic rings. The first-order valence-electron chi connectivity index (χ1n) is 9.72. The Bertz CT molecular complexity index is 1270. The lowest BCUT2D eigenvalue weighted by atomic mass is 10.1. The van der Waals surface area contributed by atoms with Crippen molar-refractivity contribution in [3.63, 3.8) is 0 Å². The lowest BCUT2D eigenvalue weighted by Crippen LogP contribution is -2.17. The first kappa shape index (κ1) is 22.4. The van der Waals surface area contributed by atoms with E-state index in [0.29, 0.717) is 22.8 Å². The first-order chi connectivity index (χ1) is 15.8. The minimum atomic E-state index is -4.77. The minimum absolute atomic E-state index is 0.350. The van der Waals surface area contributed by atoms with Crippen LogP contribution in [-0.4, -0.2) is 24.4 Å². The van der Waals surface area contributed by atoms with E-state index < -0.39 is 6.36 Å². The van der Waals surface area contributed by atoms with Gasteiger partial charge in [-0.05, 0) is 59.5 Å². The summed E-state index contributed by atoms with van der Waals surface area (Å²) in [4.78, 5) is 17.6. The van der Waals surface area contributed by atoms with Gasteiger partial charge in [0.1, 0.15) is 16.4 Å². The molecule has 1 amide bonds. The van der Waals surface area contributed by atoms with E-state index in [1.54, 1.807) is 24.8 Å². The molecule has 0 aliphatic heterocycles. The number of amides is 1. The van der Waals surface area contributed by atoms with Gasteiger partial charge in [0.25, 0.3) is 5.91 Å². The summed E-state index contributed by atoms with van der Waals surface area (Å²) in [5.74, 6) is -0.0163. The van der Waals surface area contributed by atoms with Crippen LogP contribution in [0.15, 0.2) is 66.2 Å². The SMILES string of the molecule is COc1ccc2c(CNc3ccsc3C(=O)Nc3ccc(OC(F)(F)F)cc3)ccnc2c1. The number of pyridine rings is 1. The third-order valence-corrected chi connectivity index (χ3v) is 5.64. The fourth-order valence-electron chi connectivity index (χ4n) is 3.21. The summed E-state index contributed by atoms with van der Waals surface area (Å²) >= 11 is 1.25. The lowest BCUT2D eigenvalue weighted by molar-refractivity contribution is -0.274. The number of hydrogen-bond donors (Lipinski definition) is 2. The summed E-state index contributed by atoms with van der Waals surface area (Å²) in [7, 11) is 1.60. The van der Waals surface area contributed by atoms with Crippen molar-refractivity contribution < 1.29 is 27.4 Å². The van der Waals surface area contributed by atoms with Crippen LogP contribution in [0.5, 0.6) is 11.5 Å². The quantitative estimate of drug-likeness (QED) is 0.341. The highest BCUT2D eigenvalue weighted by Crippen LogP contribution is 2.28. The van der Waals surface area contributed by atoms with Crippen molar-refractivity contribution in [1.82, 2.24) is 4.98 Å². The van der Waals surface area contributed by atoms with Crippen LogP contribution >= 0.6 is 11.3 Å². The number of methoxy groups -OCH3 is 1. The minimum Gasteiger partial charge on any atom is -0.497 e. The van der Waals surface area contributed by atoms with Gasteiger partial charge in [-0.3, -0.25) is 9.78 Å². The molecule has 0 unspecified atom stereocenters. The van der Waals surface area contributed by atoms with Gasteiger partial charge in [-0.1, -0.05) is 0 Å². The fourth-order valence-corrected chi connectivity index (χ4v) is 3.98. The van der Waals surface area contributed by atoms with Crippen molar-refractivity contribution in [1.29, 1.82) is 0 Å². The Morgan fingerprint density at radius 3 is 2.55 bits per heavy atom. The molecule has 2 N–H and O–H groups in total. The first-order valence-corrected chi connectivity index (χ1v) is 10.6. The highest BCUT2D eigenvalue weighted by atomic mass is 32.1. The number of alkyl halides is 3. The molecule has 0 atom stereocenters. The molecular formula is C23H18F3N3O3S. The molecule has 0 aliphatic carbocycles. The van der Waals surface area contributed by atoms with Gasteiger partial charge in [0.2, 0.25) is 0 Å². The molecule has 0 saturated carbocycles. The Morgan fingerprint density at radius 2 is 1.82 bits per heavy atom. The third-order valence-electron chi connectivity index (χ3n) is 4.73. The van der Waals surface area contributed by atoms with Crippen molar-refractivity contribution in [2.45, 2.75) is 12.9 Å². The van der Waals surface area contributed by atoms with Gasteiger partial charge in [-0.15, -0.1) is 24.5 Å². The van der Waals surface area contributed by atoms with E-state index in [1.165, 1.54) is 23.5 Å². The second kappa shape index (κ2) is 9.37. The predicted molar refractivity (Wildman–Crippen MR) is 121 cm³/mol. The van der Waals surface area contributed by atoms with E-state index in [4.69, 9.17) is 4.74 Å². The largest absolute Gasteiger partial charge is 0.573 e. The second-order valence-corrected chi connectivity index (χ2v) is 7.81. The smallest absolute Gasteiger partial charge is 0.497 e. The second-order valence-electron chi connectivity index (χ2n) is 6.90. The lowest BCUT2D eigenvalue weighted by Gasteiger charge is -2.12. The summed E-state index contributed by atoms with van der Waals surface area (Å²) in [5, 5.41) is 8.71. The number of ether oxygens (including phenoxy) is 2. The third kappa shape index (κ3) is 5.53. The molecule has 4 aromatic rings. The Morgan fingerprint density at radius 1 is 1.06 bits per heavy atom. The van der Waals surface area contributed by atoms with Crippen molar-refractivity contribution in [2.24, 2.45) is 0 Å². The van der Waals surface area contributed by atoms with E-state index in [9.17, 15) is 18.0 Å². The molecule has 0 bridgehead atoms. The molecule has 6 nitrogen and oxygen atoms in total. The molecule has 0 fully saturated rings. The average Bonchev–Trinajstić information content (AvgIpc) is 3.26. The summed E-state index contributed by atoms with van der Waals surface area (Å²) in [6.45, 7) is 0.464. The standard InChI is InChI=1S/C23H18F3N3O3S/c1-31-17-6-7-18-14(8-10-27-20(18)12-17)13-28-19-9-11-33-21(19)22(30)29-15-2-4-16(5-3-15)32-23(24,25)26/h2-12,28H,13H2,1H3,(H,29,30). The number of carbonyl (C=O) groups excluding carboxylic acids is 1. The molecule has 0 radical (unpaired) electrons. The van der Waals surface area contributed by atoms with Crippen molar-refractivity contribution in [3.05, 3.63) is 76.6 Å². The van der Waals surface area contributed by atoms with Crippen LogP contribution < -0.4 is 20.1 Å². The van der Waals surface area contributed by atoms with Crippen LogP contribution in [0.4, 0.5) is 24.5 Å². The molecule has 0 spiro atoms. The van der Waals surface area contributed by atoms with Crippen molar-refractivity contribution in [2.75, 3.05) is 17.7 Å². The number of thiophene rings is 1. The maximum atomic E-state index is 12.7. The van der Waals surface area contributed by atoms with E-state index in [1.807, 2.05) is 24.3 Å². The Balaban J connectivity index is 1.44. The number of nitrogens with one attached hydrogen (secondary N) is 2. The van der Waals surface area contributed by atoms with Crippen molar-refractivity contribution >= 4 is 39.5 Å². The molecule has 0 saturated heterocycles. The zero-order valence-corrected chi connectivity index (χ0v) is 18.1. The Kier molecular flexibility index (Phi) is 6.36. The van der Waals surface area contributed by atoms with Gasteiger partial charge < -0.3 is 20.1 Å². The molecular weight excluding hydrogens is 455 g/mol. The van der Waals surface area contributed by atoms with Crippen LogP contribution in [0.2, 0.25) is 0 Å². The monoisotopic (exact) mass is 473 g/mol. The molecule has 33 heavy (non-hydrogen) atoms. The van der Waals surface area contributed by atoms with Crippen LogP contribution in [-0.2, 0) is 6.54 Å². The van der Waals surface area contributed by atoms with Crippen LogP contribution in [0.1, 0.15) is 15.2 Å². The number of fused-ring (bicyclic) bond motifs is 1. The molecule has 2 aromatic carbocycles. The number of halogens is 3. The van der Waals surface area contributed by atoms with Gasteiger partial charge in [0.15, 0.2) is 0 Å². The maximum Gasteiger partial charge on any atom is 0.573 e. The predicted octanol–water partition coefficient (Wildman–Crippen LogP) is 6.07. The van der Waals surface area contributed by atoms with E-state index in [-0.39, 0.29) is 11.7 Å². The summed E-state index contributed by atoms with van der Waals surface area (Å²) in [5.41, 5.74) is 2.80. The van der Waals surface area contributed by atoms with E-state index in [0.717, 1.165) is 34.3 Å². The molecule has 4 rings (SSSR count). The summed E-state index contributed by atoms with van der Waals surface area (Å²) in [6.07, 6.45) is -3.05. The maximum absolute atomic E-state index is 12.7. The summed E-state index contributed by atoms with van der Waals surface area (Å²) < 4.78 is 46.0. The number of benzene rings is 2. The number of carbonyl (C=O) groups is 1. The number of aromatic nitrogens is 1. The highest BCUT2D eigenvalue weighted by Gasteiger charge is 2.31. The van der Waals surface area contributed by atoms with E-state index >= 15 is 0 Å². The molecule has 170 valence electrons. The molecule has 2 aromatic heterocycles. The van der Waals surface area contributed by atoms with Gasteiger partial charge in [-0.2, -0.15) is 0 Å². The zero-order chi connectivity index (χ0) is 23.4. The topological polar surface area (TPSA) is 72.5 Å². The van der Waals surface area contributed by atoms with Gasteiger partial charge in [0.05, 0.1) is 18.3 Å².